The van der Waals surface area contributed by atoms with Crippen LogP contribution in [0.2, 0.25) is 5.02 Å². The van der Waals surface area contributed by atoms with Crippen LogP contribution in [0.4, 0.5) is 0 Å². The topological polar surface area (TPSA) is 54.2 Å². The van der Waals surface area contributed by atoms with Crippen LogP contribution in [0.25, 0.3) is 0 Å². The lowest BCUT2D eigenvalue weighted by atomic mass is 9.64. The van der Waals surface area contributed by atoms with Gasteiger partial charge in [0.25, 0.3) is 9.68 Å². The first kappa shape index (κ1) is 21.2. The molecule has 0 amide bonds. The lowest BCUT2D eigenvalue weighted by Crippen LogP contribution is -2.40. The fourth-order valence-corrected chi connectivity index (χ4v) is 3.61. The molecule has 0 bridgehead atoms. The highest BCUT2D eigenvalue weighted by Gasteiger charge is 2.45. The summed E-state index contributed by atoms with van der Waals surface area (Å²) in [6.45, 7) is 4.74. The maximum absolute atomic E-state index is 5.93. The minimum Gasteiger partial charge on any atom is -0.335 e. The minimum atomic E-state index is -1.70. The third-order valence-corrected chi connectivity index (χ3v) is 5.78. The van der Waals surface area contributed by atoms with Gasteiger partial charge in [-0.2, -0.15) is 4.98 Å². The SMILES string of the molecule is CN1CCNCC1.Clc1ccc(C2(c3noc(C(Cl)(Cl)Cl)n3)CCC2)cc1. The summed E-state index contributed by atoms with van der Waals surface area (Å²) in [5.74, 6) is 0.560. The Bertz CT molecular complexity index is 735. The van der Waals surface area contributed by atoms with Crippen molar-refractivity contribution in [1.29, 1.82) is 0 Å². The van der Waals surface area contributed by atoms with Gasteiger partial charge in [0, 0.05) is 31.2 Å². The molecule has 2 heterocycles. The van der Waals surface area contributed by atoms with Gasteiger partial charge in [-0.25, -0.2) is 0 Å². The Morgan fingerprint density at radius 3 is 2.15 bits per heavy atom. The van der Waals surface area contributed by atoms with E-state index in [0.29, 0.717) is 10.8 Å². The number of nitrogens with zero attached hydrogens (tertiary/aromatic N) is 3. The second-order valence-electron chi connectivity index (χ2n) is 6.92. The van der Waals surface area contributed by atoms with Crippen LogP contribution in [0, 0.1) is 0 Å². The average molecular weight is 452 g/mol. The van der Waals surface area contributed by atoms with Crippen LogP contribution < -0.4 is 5.32 Å². The quantitative estimate of drug-likeness (QED) is 0.679. The Hall–Kier alpha value is -0.560. The molecule has 4 rings (SSSR count). The largest absolute Gasteiger partial charge is 0.335 e. The number of hydrogen-bond acceptors (Lipinski definition) is 5. The molecule has 0 atom stereocenters. The van der Waals surface area contributed by atoms with E-state index in [1.165, 1.54) is 13.1 Å². The predicted molar refractivity (Wildman–Crippen MR) is 110 cm³/mol. The molecule has 0 radical (unpaired) electrons. The Balaban J connectivity index is 0.000000253. The van der Waals surface area contributed by atoms with E-state index in [1.54, 1.807) is 0 Å². The average Bonchev–Trinajstić information content (AvgIpc) is 3.07. The second kappa shape index (κ2) is 8.85. The fourth-order valence-electron chi connectivity index (χ4n) is 3.25. The number of piperazine rings is 1. The van der Waals surface area contributed by atoms with Crippen molar-refractivity contribution in [2.24, 2.45) is 0 Å². The zero-order valence-corrected chi connectivity index (χ0v) is 18.0. The fraction of sp³-hybridized carbons (Fsp3) is 0.556. The second-order valence-corrected chi connectivity index (χ2v) is 9.63. The third-order valence-electron chi connectivity index (χ3n) is 5.04. The molecule has 1 saturated heterocycles. The molecule has 1 aromatic heterocycles. The zero-order chi connectivity index (χ0) is 19.5. The van der Waals surface area contributed by atoms with Gasteiger partial charge in [-0.15, -0.1) is 0 Å². The Kier molecular flexibility index (Phi) is 6.93. The number of alkyl halides is 3. The normalized spacial score (nSPS) is 19.7. The lowest BCUT2D eigenvalue weighted by molar-refractivity contribution is 0.271. The molecule has 1 N–H and O–H groups in total. The molecule has 1 saturated carbocycles. The Morgan fingerprint density at radius 1 is 1.11 bits per heavy atom. The van der Waals surface area contributed by atoms with Gasteiger partial charge in [-0.05, 0) is 37.6 Å². The van der Waals surface area contributed by atoms with Gasteiger partial charge in [-0.1, -0.05) is 70.1 Å². The van der Waals surface area contributed by atoms with Crippen molar-refractivity contribution in [2.45, 2.75) is 28.5 Å². The number of likely N-dealkylation sites (N-methyl/N-ethyl adjacent to an activating group) is 1. The standard InChI is InChI=1S/C13H10Cl4N2O.C5H12N2/c14-9-4-2-8(3-5-9)12(6-1-7-12)10-18-11(20-19-10)13(15,16)17;1-7-4-2-6-3-5-7/h2-5H,1,6-7H2;6H,2-5H2,1H3. The third kappa shape index (κ3) is 5.08. The van der Waals surface area contributed by atoms with E-state index in [2.05, 4.69) is 27.4 Å². The maximum Gasteiger partial charge on any atom is 0.278 e. The molecule has 9 heteroatoms. The predicted octanol–water partition coefficient (Wildman–Crippen LogP) is 4.54. The lowest BCUT2D eigenvalue weighted by Gasteiger charge is -2.39. The molecule has 2 aliphatic rings. The van der Waals surface area contributed by atoms with Crippen molar-refractivity contribution >= 4 is 46.4 Å². The molecule has 2 aromatic rings. The van der Waals surface area contributed by atoms with E-state index in [1.807, 2.05) is 24.3 Å². The molecule has 27 heavy (non-hydrogen) atoms. The molecule has 1 aliphatic heterocycles. The van der Waals surface area contributed by atoms with Crippen molar-refractivity contribution < 1.29 is 4.52 Å². The smallest absolute Gasteiger partial charge is 0.278 e. The van der Waals surface area contributed by atoms with E-state index in [4.69, 9.17) is 50.9 Å². The first-order chi connectivity index (χ1) is 12.8. The highest BCUT2D eigenvalue weighted by Crippen LogP contribution is 2.49. The summed E-state index contributed by atoms with van der Waals surface area (Å²) in [5.41, 5.74) is 0.840. The molecule has 1 aromatic carbocycles. The summed E-state index contributed by atoms with van der Waals surface area (Å²) in [6, 6.07) is 7.67. The van der Waals surface area contributed by atoms with Crippen LogP contribution in [-0.2, 0) is 9.21 Å². The Labute approximate surface area is 179 Å². The van der Waals surface area contributed by atoms with Gasteiger partial charge >= 0.3 is 0 Å². The first-order valence-corrected chi connectivity index (χ1v) is 10.4. The summed E-state index contributed by atoms with van der Waals surface area (Å²) in [4.78, 5) is 6.60. The molecule has 148 valence electrons. The van der Waals surface area contributed by atoms with Gasteiger partial charge < -0.3 is 14.7 Å². The van der Waals surface area contributed by atoms with Crippen LogP contribution in [0.1, 0.15) is 36.5 Å². The molecule has 5 nitrogen and oxygen atoms in total. The van der Waals surface area contributed by atoms with Crippen LogP contribution >= 0.6 is 46.4 Å². The molecule has 2 fully saturated rings. The molecule has 1 aliphatic carbocycles. The number of aromatic nitrogens is 2. The highest BCUT2D eigenvalue weighted by atomic mass is 35.6. The maximum atomic E-state index is 5.93. The first-order valence-electron chi connectivity index (χ1n) is 8.88. The van der Waals surface area contributed by atoms with E-state index in [9.17, 15) is 0 Å². The summed E-state index contributed by atoms with van der Waals surface area (Å²) in [5, 5.41) is 7.97. The minimum absolute atomic E-state index is 0.00209. The molecular weight excluding hydrogens is 430 g/mol. The number of rotatable bonds is 2. The van der Waals surface area contributed by atoms with Gasteiger partial charge in [0.05, 0.1) is 5.41 Å². The number of benzene rings is 1. The van der Waals surface area contributed by atoms with Gasteiger partial charge in [0.15, 0.2) is 5.82 Å². The summed E-state index contributed by atoms with van der Waals surface area (Å²) in [7, 11) is 2.15. The van der Waals surface area contributed by atoms with Gasteiger partial charge in [0.1, 0.15) is 0 Å². The molecular formula is C18H22Cl4N4O. The van der Waals surface area contributed by atoms with Gasteiger partial charge in [-0.3, -0.25) is 0 Å². The van der Waals surface area contributed by atoms with E-state index in [-0.39, 0.29) is 11.3 Å². The van der Waals surface area contributed by atoms with Crippen LogP contribution in [0.3, 0.4) is 0 Å². The Morgan fingerprint density at radius 2 is 1.74 bits per heavy atom. The van der Waals surface area contributed by atoms with Crippen LogP contribution in [-0.4, -0.2) is 48.3 Å². The summed E-state index contributed by atoms with van der Waals surface area (Å²) < 4.78 is 3.37. The van der Waals surface area contributed by atoms with Crippen molar-refractivity contribution in [1.82, 2.24) is 20.4 Å². The monoisotopic (exact) mass is 450 g/mol. The van der Waals surface area contributed by atoms with Crippen LogP contribution in [0.15, 0.2) is 28.8 Å². The van der Waals surface area contributed by atoms with E-state index in [0.717, 1.165) is 37.9 Å². The zero-order valence-electron chi connectivity index (χ0n) is 15.0. The van der Waals surface area contributed by atoms with Crippen molar-refractivity contribution in [3.05, 3.63) is 46.6 Å². The van der Waals surface area contributed by atoms with Crippen molar-refractivity contribution in [2.75, 3.05) is 33.2 Å². The van der Waals surface area contributed by atoms with E-state index >= 15 is 0 Å². The number of hydrogen-bond donors (Lipinski definition) is 1. The van der Waals surface area contributed by atoms with Crippen molar-refractivity contribution in [3.8, 4) is 0 Å². The van der Waals surface area contributed by atoms with E-state index < -0.39 is 3.79 Å². The summed E-state index contributed by atoms with van der Waals surface area (Å²) in [6.07, 6.45) is 2.97. The highest BCUT2D eigenvalue weighted by molar-refractivity contribution is 6.66. The van der Waals surface area contributed by atoms with Gasteiger partial charge in [0.2, 0.25) is 0 Å². The number of nitrogens with one attached hydrogen (secondary N) is 1. The molecule has 0 spiro atoms. The van der Waals surface area contributed by atoms with Crippen LogP contribution in [0.5, 0.6) is 0 Å². The summed E-state index contributed by atoms with van der Waals surface area (Å²) >= 11 is 23.2. The molecule has 0 unspecified atom stereocenters. The van der Waals surface area contributed by atoms with Crippen molar-refractivity contribution in [3.63, 3.8) is 0 Å². The number of halogens is 4.